The molecule has 0 radical (unpaired) electrons. The fraction of sp³-hybridized carbons (Fsp3) is 0.667. The summed E-state index contributed by atoms with van der Waals surface area (Å²) in [6.45, 7) is 5.72. The van der Waals surface area contributed by atoms with E-state index in [9.17, 15) is 0 Å². The summed E-state index contributed by atoms with van der Waals surface area (Å²) in [5.74, 6) is 1.40. The highest BCUT2D eigenvalue weighted by Crippen LogP contribution is 2.20. The largest absolute Gasteiger partial charge is 0.296 e. The molecule has 1 aliphatic rings. The SMILES string of the molecule is CC1CN(Cc2nc(CCl)cs2)C1. The van der Waals surface area contributed by atoms with Crippen molar-refractivity contribution < 1.29 is 0 Å². The van der Waals surface area contributed by atoms with Gasteiger partial charge in [0.15, 0.2) is 0 Å². The lowest BCUT2D eigenvalue weighted by atomic mass is 10.0. The van der Waals surface area contributed by atoms with E-state index in [0.717, 1.165) is 18.2 Å². The van der Waals surface area contributed by atoms with Crippen molar-refractivity contribution in [3.05, 3.63) is 16.1 Å². The first-order chi connectivity index (χ1) is 6.28. The second kappa shape index (κ2) is 3.95. The van der Waals surface area contributed by atoms with E-state index in [2.05, 4.69) is 16.8 Å². The highest BCUT2D eigenvalue weighted by molar-refractivity contribution is 7.09. The second-order valence-corrected chi connectivity index (χ2v) is 4.88. The molecule has 1 aromatic rings. The van der Waals surface area contributed by atoms with Crippen LogP contribution in [-0.2, 0) is 12.4 Å². The molecule has 1 saturated heterocycles. The van der Waals surface area contributed by atoms with Crippen LogP contribution in [0.1, 0.15) is 17.6 Å². The van der Waals surface area contributed by atoms with Gasteiger partial charge in [0.05, 0.1) is 18.1 Å². The maximum Gasteiger partial charge on any atom is 0.107 e. The molecule has 2 rings (SSSR count). The Balaban J connectivity index is 1.87. The lowest BCUT2D eigenvalue weighted by molar-refractivity contribution is 0.105. The minimum Gasteiger partial charge on any atom is -0.296 e. The van der Waals surface area contributed by atoms with Crippen molar-refractivity contribution in [3.63, 3.8) is 0 Å². The molecule has 1 aliphatic heterocycles. The average molecular weight is 217 g/mol. The van der Waals surface area contributed by atoms with E-state index >= 15 is 0 Å². The number of thiazole rings is 1. The molecule has 13 heavy (non-hydrogen) atoms. The van der Waals surface area contributed by atoms with Crippen LogP contribution in [0.2, 0.25) is 0 Å². The molecule has 2 nitrogen and oxygen atoms in total. The average Bonchev–Trinajstić information content (AvgIpc) is 2.50. The van der Waals surface area contributed by atoms with Crippen LogP contribution in [0.5, 0.6) is 0 Å². The molecule has 0 saturated carbocycles. The highest BCUT2D eigenvalue weighted by Gasteiger charge is 2.22. The molecule has 72 valence electrons. The van der Waals surface area contributed by atoms with E-state index in [0.29, 0.717) is 5.88 Å². The number of nitrogens with zero attached hydrogens (tertiary/aromatic N) is 2. The Hall–Kier alpha value is -0.120. The third-order valence-electron chi connectivity index (χ3n) is 2.23. The third-order valence-corrected chi connectivity index (χ3v) is 3.39. The summed E-state index contributed by atoms with van der Waals surface area (Å²) >= 11 is 7.39. The first-order valence-corrected chi connectivity index (χ1v) is 5.91. The molecule has 0 atom stereocenters. The monoisotopic (exact) mass is 216 g/mol. The van der Waals surface area contributed by atoms with Gasteiger partial charge in [0.25, 0.3) is 0 Å². The topological polar surface area (TPSA) is 16.1 Å². The standard InChI is InChI=1S/C9H13ClN2S/c1-7-3-12(4-7)5-9-11-8(2-10)6-13-9/h6-7H,2-5H2,1H3. The first-order valence-electron chi connectivity index (χ1n) is 4.49. The van der Waals surface area contributed by atoms with Gasteiger partial charge in [-0.25, -0.2) is 4.98 Å². The van der Waals surface area contributed by atoms with Crippen LogP contribution in [0, 0.1) is 5.92 Å². The van der Waals surface area contributed by atoms with Crippen LogP contribution in [0.15, 0.2) is 5.38 Å². The zero-order chi connectivity index (χ0) is 9.26. The zero-order valence-corrected chi connectivity index (χ0v) is 9.24. The van der Waals surface area contributed by atoms with E-state index < -0.39 is 0 Å². The van der Waals surface area contributed by atoms with E-state index in [-0.39, 0.29) is 0 Å². The van der Waals surface area contributed by atoms with Gasteiger partial charge in [0, 0.05) is 18.5 Å². The summed E-state index contributed by atoms with van der Waals surface area (Å²) in [6, 6.07) is 0. The zero-order valence-electron chi connectivity index (χ0n) is 7.66. The molecule has 2 heterocycles. The van der Waals surface area contributed by atoms with Gasteiger partial charge in [-0.05, 0) is 5.92 Å². The van der Waals surface area contributed by atoms with Crippen molar-refractivity contribution in [1.82, 2.24) is 9.88 Å². The molecule has 0 aliphatic carbocycles. The molecule has 0 unspecified atom stereocenters. The molecule has 0 N–H and O–H groups in total. The van der Waals surface area contributed by atoms with Crippen molar-refractivity contribution in [2.45, 2.75) is 19.3 Å². The smallest absolute Gasteiger partial charge is 0.107 e. The van der Waals surface area contributed by atoms with Crippen LogP contribution >= 0.6 is 22.9 Å². The van der Waals surface area contributed by atoms with Gasteiger partial charge in [-0.2, -0.15) is 0 Å². The summed E-state index contributed by atoms with van der Waals surface area (Å²) in [5.41, 5.74) is 1.01. The van der Waals surface area contributed by atoms with Crippen molar-refractivity contribution in [2.24, 2.45) is 5.92 Å². The van der Waals surface area contributed by atoms with Crippen molar-refractivity contribution in [1.29, 1.82) is 0 Å². The molecule has 0 aromatic carbocycles. The number of alkyl halides is 1. The van der Waals surface area contributed by atoms with Gasteiger partial charge in [0.1, 0.15) is 5.01 Å². The van der Waals surface area contributed by atoms with Crippen molar-refractivity contribution in [2.75, 3.05) is 13.1 Å². The van der Waals surface area contributed by atoms with Gasteiger partial charge < -0.3 is 0 Å². The first kappa shape index (κ1) is 9.44. The molecule has 1 fully saturated rings. The third kappa shape index (κ3) is 2.22. The fourth-order valence-corrected chi connectivity index (χ4v) is 2.69. The van der Waals surface area contributed by atoms with E-state index in [1.165, 1.54) is 18.1 Å². The van der Waals surface area contributed by atoms with E-state index in [4.69, 9.17) is 11.6 Å². The predicted molar refractivity (Wildman–Crippen MR) is 56.1 cm³/mol. The van der Waals surface area contributed by atoms with Crippen molar-refractivity contribution >= 4 is 22.9 Å². The maximum absolute atomic E-state index is 5.68. The van der Waals surface area contributed by atoms with Gasteiger partial charge in [-0.15, -0.1) is 22.9 Å². The van der Waals surface area contributed by atoms with Crippen LogP contribution < -0.4 is 0 Å². The molecule has 0 spiro atoms. The van der Waals surface area contributed by atoms with Gasteiger partial charge in [-0.3, -0.25) is 4.90 Å². The Morgan fingerprint density at radius 1 is 1.69 bits per heavy atom. The Kier molecular flexibility index (Phi) is 2.86. The summed E-state index contributed by atoms with van der Waals surface area (Å²) in [7, 11) is 0. The number of hydrogen-bond donors (Lipinski definition) is 0. The van der Waals surface area contributed by atoms with E-state index in [1.54, 1.807) is 11.3 Å². The molecular formula is C9H13ClN2S. The lowest BCUT2D eigenvalue weighted by Gasteiger charge is -2.36. The Morgan fingerprint density at radius 2 is 2.46 bits per heavy atom. The number of aromatic nitrogens is 1. The maximum atomic E-state index is 5.68. The highest BCUT2D eigenvalue weighted by atomic mass is 35.5. The normalized spacial score (nSPS) is 18.9. The van der Waals surface area contributed by atoms with Gasteiger partial charge >= 0.3 is 0 Å². The molecule has 1 aromatic heterocycles. The predicted octanol–water partition coefficient (Wildman–Crippen LogP) is 2.33. The minimum absolute atomic E-state index is 0.535. The van der Waals surface area contributed by atoms with Gasteiger partial charge in [0.2, 0.25) is 0 Å². The summed E-state index contributed by atoms with van der Waals surface area (Å²) < 4.78 is 0. The Morgan fingerprint density at radius 3 is 3.00 bits per heavy atom. The Labute approximate surface area is 87.5 Å². The summed E-state index contributed by atoms with van der Waals surface area (Å²) in [5, 5.41) is 3.24. The van der Waals surface area contributed by atoms with E-state index in [1.807, 2.05) is 5.38 Å². The van der Waals surface area contributed by atoms with Crippen LogP contribution in [-0.4, -0.2) is 23.0 Å². The van der Waals surface area contributed by atoms with Crippen molar-refractivity contribution in [3.8, 4) is 0 Å². The fourth-order valence-electron chi connectivity index (χ4n) is 1.63. The molecule has 4 heteroatoms. The molecular weight excluding hydrogens is 204 g/mol. The van der Waals surface area contributed by atoms with Gasteiger partial charge in [-0.1, -0.05) is 6.92 Å². The number of rotatable bonds is 3. The summed E-state index contributed by atoms with van der Waals surface area (Å²) in [4.78, 5) is 6.84. The molecule has 0 bridgehead atoms. The van der Waals surface area contributed by atoms with Crippen LogP contribution in [0.4, 0.5) is 0 Å². The van der Waals surface area contributed by atoms with Crippen LogP contribution in [0.3, 0.4) is 0 Å². The number of hydrogen-bond acceptors (Lipinski definition) is 3. The Bertz CT molecular complexity index is 281. The quantitative estimate of drug-likeness (QED) is 0.722. The summed E-state index contributed by atoms with van der Waals surface area (Å²) in [6.07, 6.45) is 0. The second-order valence-electron chi connectivity index (χ2n) is 3.67. The number of likely N-dealkylation sites (tertiary alicyclic amines) is 1. The van der Waals surface area contributed by atoms with Crippen LogP contribution in [0.25, 0.3) is 0 Å². The minimum atomic E-state index is 0.535. The number of halogens is 1. The molecule has 0 amide bonds. The lowest BCUT2D eigenvalue weighted by Crippen LogP contribution is -2.44.